The topological polar surface area (TPSA) is 105 Å². The van der Waals surface area contributed by atoms with Crippen LogP contribution in [0.3, 0.4) is 0 Å². The molecule has 0 bridgehead atoms. The van der Waals surface area contributed by atoms with E-state index < -0.39 is 5.91 Å². The van der Waals surface area contributed by atoms with E-state index in [1.54, 1.807) is 19.9 Å². The van der Waals surface area contributed by atoms with E-state index in [1.807, 2.05) is 55.4 Å². The fraction of sp³-hybridized carbons (Fsp3) is 0.316. The second-order valence-electron chi connectivity index (χ2n) is 5.89. The molecule has 1 aliphatic heterocycles. The van der Waals surface area contributed by atoms with Crippen molar-refractivity contribution in [2.24, 2.45) is 4.99 Å². The number of anilines is 1. The third-order valence-electron chi connectivity index (χ3n) is 3.86. The molecule has 1 aromatic carbocycles. The number of nitrogens with one attached hydrogen (secondary N) is 1. The van der Waals surface area contributed by atoms with E-state index in [0.29, 0.717) is 11.3 Å². The van der Waals surface area contributed by atoms with Crippen molar-refractivity contribution >= 4 is 17.5 Å². The minimum atomic E-state index is -1.97. The van der Waals surface area contributed by atoms with Crippen molar-refractivity contribution in [3.05, 3.63) is 46.8 Å². The molecule has 134 valence electrons. The van der Waals surface area contributed by atoms with Crippen LogP contribution in [0.1, 0.15) is 19.4 Å². The Kier molecular flexibility index (Phi) is 5.78. The fourth-order valence-corrected chi connectivity index (χ4v) is 2.55. The van der Waals surface area contributed by atoms with Crippen LogP contribution < -0.4 is 10.2 Å². The number of allylic oxidation sites excluding steroid dienone is 2. The molecule has 1 aliphatic rings. The van der Waals surface area contributed by atoms with E-state index in [2.05, 4.69) is 10.3 Å². The predicted molar refractivity (Wildman–Crippen MR) is 99.8 cm³/mol. The summed E-state index contributed by atoms with van der Waals surface area (Å²) in [5.41, 5.74) is 2.32. The SMILES string of the molecule is CCOC1(O)NC(C#N)=C(C#N)N=C(C)C1=Cc1ccc(N(C)C)cc1. The number of aliphatic hydroxyl groups is 1. The summed E-state index contributed by atoms with van der Waals surface area (Å²) in [5.74, 6) is -1.97. The van der Waals surface area contributed by atoms with Gasteiger partial charge in [-0.2, -0.15) is 10.5 Å². The maximum absolute atomic E-state index is 11.0. The summed E-state index contributed by atoms with van der Waals surface area (Å²) >= 11 is 0. The van der Waals surface area contributed by atoms with Gasteiger partial charge in [-0.25, -0.2) is 4.99 Å². The highest BCUT2D eigenvalue weighted by molar-refractivity contribution is 6.04. The highest BCUT2D eigenvalue weighted by atomic mass is 16.6. The van der Waals surface area contributed by atoms with Crippen LogP contribution in [0.4, 0.5) is 5.69 Å². The summed E-state index contributed by atoms with van der Waals surface area (Å²) in [6, 6.07) is 11.4. The molecule has 0 saturated carbocycles. The molecular weight excluding hydrogens is 330 g/mol. The van der Waals surface area contributed by atoms with Crippen molar-refractivity contribution in [3.63, 3.8) is 0 Å². The summed E-state index contributed by atoms with van der Waals surface area (Å²) in [4.78, 5) is 6.16. The lowest BCUT2D eigenvalue weighted by molar-refractivity contribution is -0.182. The van der Waals surface area contributed by atoms with Crippen LogP contribution >= 0.6 is 0 Å². The van der Waals surface area contributed by atoms with Gasteiger partial charge >= 0.3 is 0 Å². The Hall–Kier alpha value is -3.13. The molecule has 7 heteroatoms. The number of ether oxygens (including phenoxy) is 1. The van der Waals surface area contributed by atoms with E-state index in [0.717, 1.165) is 11.3 Å². The molecule has 2 N–H and O–H groups in total. The zero-order valence-electron chi connectivity index (χ0n) is 15.2. The maximum atomic E-state index is 11.0. The number of aliphatic imine (C=N–C) groups is 1. The first kappa shape index (κ1) is 19.2. The van der Waals surface area contributed by atoms with Crippen molar-refractivity contribution in [2.75, 3.05) is 25.6 Å². The minimum Gasteiger partial charge on any atom is -0.378 e. The van der Waals surface area contributed by atoms with Gasteiger partial charge in [-0.15, -0.1) is 0 Å². The minimum absolute atomic E-state index is 0.102. The molecule has 0 spiro atoms. The Balaban J connectivity index is 2.57. The van der Waals surface area contributed by atoms with Gasteiger partial charge in [0.1, 0.15) is 12.1 Å². The van der Waals surface area contributed by atoms with Crippen molar-refractivity contribution < 1.29 is 9.84 Å². The third-order valence-corrected chi connectivity index (χ3v) is 3.86. The largest absolute Gasteiger partial charge is 0.378 e. The van der Waals surface area contributed by atoms with Crippen molar-refractivity contribution in [3.8, 4) is 12.1 Å². The average Bonchev–Trinajstić information content (AvgIpc) is 2.71. The molecule has 0 radical (unpaired) electrons. The second-order valence-corrected chi connectivity index (χ2v) is 5.89. The summed E-state index contributed by atoms with van der Waals surface area (Å²) in [6.07, 6.45) is 1.72. The third kappa shape index (κ3) is 3.92. The van der Waals surface area contributed by atoms with Crippen molar-refractivity contribution in [1.82, 2.24) is 5.32 Å². The Morgan fingerprint density at radius 2 is 1.92 bits per heavy atom. The molecule has 1 aromatic rings. The summed E-state index contributed by atoms with van der Waals surface area (Å²) in [6.45, 7) is 3.57. The molecule has 0 fully saturated rings. The number of nitrogens with zero attached hydrogens (tertiary/aromatic N) is 4. The van der Waals surface area contributed by atoms with Gasteiger partial charge in [0.2, 0.25) is 0 Å². The number of rotatable bonds is 4. The lowest BCUT2D eigenvalue weighted by atomic mass is 10.0. The fourth-order valence-electron chi connectivity index (χ4n) is 2.55. The van der Waals surface area contributed by atoms with Crippen LogP contribution in [0.5, 0.6) is 0 Å². The lowest BCUT2D eigenvalue weighted by Gasteiger charge is -2.30. The lowest BCUT2D eigenvalue weighted by Crippen LogP contribution is -2.49. The van der Waals surface area contributed by atoms with Crippen molar-refractivity contribution in [1.29, 1.82) is 10.5 Å². The molecule has 7 nitrogen and oxygen atoms in total. The van der Waals surface area contributed by atoms with Gasteiger partial charge in [0.05, 0.1) is 5.57 Å². The zero-order chi connectivity index (χ0) is 19.3. The maximum Gasteiger partial charge on any atom is 0.277 e. The molecule has 1 heterocycles. The Bertz CT molecular complexity index is 853. The van der Waals surface area contributed by atoms with E-state index in [-0.39, 0.29) is 18.0 Å². The first-order valence-corrected chi connectivity index (χ1v) is 8.08. The summed E-state index contributed by atoms with van der Waals surface area (Å²) in [5, 5.41) is 32.2. The number of hydrogen-bond acceptors (Lipinski definition) is 7. The first-order valence-electron chi connectivity index (χ1n) is 8.08. The van der Waals surface area contributed by atoms with Gasteiger partial charge in [-0.3, -0.25) is 0 Å². The predicted octanol–water partition coefficient (Wildman–Crippen LogP) is 2.14. The highest BCUT2D eigenvalue weighted by Crippen LogP contribution is 2.27. The van der Waals surface area contributed by atoms with Gasteiger partial charge in [0.15, 0.2) is 11.4 Å². The van der Waals surface area contributed by atoms with Crippen molar-refractivity contribution in [2.45, 2.75) is 19.8 Å². The Labute approximate surface area is 153 Å². The number of nitriles is 2. The number of hydrogen-bond donors (Lipinski definition) is 2. The summed E-state index contributed by atoms with van der Waals surface area (Å²) in [7, 11) is 3.90. The molecule has 2 rings (SSSR count). The Morgan fingerprint density at radius 1 is 1.27 bits per heavy atom. The smallest absolute Gasteiger partial charge is 0.277 e. The van der Waals surface area contributed by atoms with Gasteiger partial charge in [0, 0.05) is 32.1 Å². The molecule has 0 aliphatic carbocycles. The molecule has 0 saturated heterocycles. The van der Waals surface area contributed by atoms with E-state index in [4.69, 9.17) is 4.74 Å². The second kappa shape index (κ2) is 7.83. The van der Waals surface area contributed by atoms with Crippen LogP contribution in [-0.4, -0.2) is 37.4 Å². The van der Waals surface area contributed by atoms with E-state index in [9.17, 15) is 15.6 Å². The van der Waals surface area contributed by atoms with Crippen LogP contribution in [0, 0.1) is 22.7 Å². The normalized spacial score (nSPS) is 21.3. The quantitative estimate of drug-likeness (QED) is 0.805. The van der Waals surface area contributed by atoms with E-state index >= 15 is 0 Å². The van der Waals surface area contributed by atoms with Crippen LogP contribution in [0.2, 0.25) is 0 Å². The molecule has 1 atom stereocenters. The van der Waals surface area contributed by atoms with Crippen LogP contribution in [0.25, 0.3) is 6.08 Å². The first-order chi connectivity index (χ1) is 12.3. The number of benzene rings is 1. The van der Waals surface area contributed by atoms with E-state index in [1.165, 1.54) is 0 Å². The monoisotopic (exact) mass is 351 g/mol. The average molecular weight is 351 g/mol. The highest BCUT2D eigenvalue weighted by Gasteiger charge is 2.38. The van der Waals surface area contributed by atoms with Crippen LogP contribution in [-0.2, 0) is 4.74 Å². The van der Waals surface area contributed by atoms with Crippen LogP contribution in [0.15, 0.2) is 46.2 Å². The van der Waals surface area contributed by atoms with Gasteiger partial charge in [-0.1, -0.05) is 12.1 Å². The molecular formula is C19H21N5O2. The molecule has 26 heavy (non-hydrogen) atoms. The zero-order valence-corrected chi connectivity index (χ0v) is 15.2. The summed E-state index contributed by atoms with van der Waals surface area (Å²) < 4.78 is 5.48. The molecule has 1 unspecified atom stereocenters. The van der Waals surface area contributed by atoms with Gasteiger partial charge in [-0.05, 0) is 37.6 Å². The Morgan fingerprint density at radius 3 is 2.42 bits per heavy atom. The van der Waals surface area contributed by atoms with Gasteiger partial charge < -0.3 is 20.1 Å². The molecule has 0 aromatic heterocycles. The van der Waals surface area contributed by atoms with Gasteiger partial charge in [0.25, 0.3) is 5.91 Å². The standard InChI is InChI=1S/C19H21N5O2/c1-5-26-19(25)16(10-14-6-8-15(9-7-14)24(3)4)13(2)22-17(11-20)18(12-21)23-19/h6-10,23,25H,5H2,1-4H3. The molecule has 0 amide bonds.